The van der Waals surface area contributed by atoms with E-state index in [1.54, 1.807) is 0 Å². The third-order valence-corrected chi connectivity index (χ3v) is 4.42. The van der Waals surface area contributed by atoms with Crippen molar-refractivity contribution in [2.24, 2.45) is 11.8 Å². The van der Waals surface area contributed by atoms with Crippen LogP contribution in [0.15, 0.2) is 18.3 Å². The summed E-state index contributed by atoms with van der Waals surface area (Å²) in [4.78, 5) is 4.46. The molecule has 0 amide bonds. The first-order chi connectivity index (χ1) is 9.70. The van der Waals surface area contributed by atoms with Gasteiger partial charge >= 0.3 is 0 Å². The van der Waals surface area contributed by atoms with Crippen LogP contribution in [0.5, 0.6) is 5.88 Å². The highest BCUT2D eigenvalue weighted by Gasteiger charge is 2.26. The molecule has 3 nitrogen and oxygen atoms in total. The smallest absolute Gasteiger partial charge is 0.218 e. The van der Waals surface area contributed by atoms with Crippen molar-refractivity contribution in [3.63, 3.8) is 0 Å². The van der Waals surface area contributed by atoms with Gasteiger partial charge in [-0.1, -0.05) is 19.9 Å². The Hall–Kier alpha value is -1.09. The van der Waals surface area contributed by atoms with Gasteiger partial charge < -0.3 is 10.1 Å². The van der Waals surface area contributed by atoms with Crippen molar-refractivity contribution >= 4 is 0 Å². The van der Waals surface area contributed by atoms with E-state index in [1.165, 1.54) is 24.8 Å². The van der Waals surface area contributed by atoms with Crippen molar-refractivity contribution in [2.45, 2.75) is 64.6 Å². The Labute approximate surface area is 122 Å². The predicted octanol–water partition coefficient (Wildman–Crippen LogP) is 3.54. The Morgan fingerprint density at radius 3 is 2.65 bits per heavy atom. The maximum absolute atomic E-state index is 6.23. The summed E-state index contributed by atoms with van der Waals surface area (Å²) in [6, 6.07) is 4.86. The van der Waals surface area contributed by atoms with Crippen LogP contribution in [0.3, 0.4) is 0 Å². The summed E-state index contributed by atoms with van der Waals surface area (Å²) in [7, 11) is 0. The van der Waals surface area contributed by atoms with Crippen molar-refractivity contribution < 1.29 is 4.74 Å². The van der Waals surface area contributed by atoms with Gasteiger partial charge in [-0.2, -0.15) is 0 Å². The lowest BCUT2D eigenvalue weighted by molar-refractivity contribution is 0.0955. The molecule has 20 heavy (non-hydrogen) atoms. The summed E-state index contributed by atoms with van der Waals surface area (Å²) in [5, 5.41) is 3.55. The maximum atomic E-state index is 6.23. The van der Waals surface area contributed by atoms with E-state index in [4.69, 9.17) is 4.74 Å². The first-order valence-corrected chi connectivity index (χ1v) is 8.04. The number of aromatic nitrogens is 1. The molecular formula is C17H26N2O. The fourth-order valence-corrected chi connectivity index (χ4v) is 3.33. The highest BCUT2D eigenvalue weighted by atomic mass is 16.5. The van der Waals surface area contributed by atoms with Crippen LogP contribution < -0.4 is 10.1 Å². The zero-order valence-electron chi connectivity index (χ0n) is 12.6. The number of nitrogens with zero attached hydrogens (tertiary/aromatic N) is 1. The molecule has 0 bridgehead atoms. The van der Waals surface area contributed by atoms with Gasteiger partial charge in [0.1, 0.15) is 6.10 Å². The maximum Gasteiger partial charge on any atom is 0.218 e. The van der Waals surface area contributed by atoms with Crippen LogP contribution in [0.1, 0.15) is 51.5 Å². The van der Waals surface area contributed by atoms with Gasteiger partial charge in [-0.05, 0) is 50.0 Å². The summed E-state index contributed by atoms with van der Waals surface area (Å²) >= 11 is 0. The number of hydrogen-bond donors (Lipinski definition) is 1. The van der Waals surface area contributed by atoms with E-state index in [-0.39, 0.29) is 0 Å². The molecule has 110 valence electrons. The molecule has 2 atom stereocenters. The quantitative estimate of drug-likeness (QED) is 0.892. The minimum atomic E-state index is 0.336. The van der Waals surface area contributed by atoms with Crippen molar-refractivity contribution in [1.82, 2.24) is 10.3 Å². The van der Waals surface area contributed by atoms with Crippen LogP contribution in [0.4, 0.5) is 0 Å². The van der Waals surface area contributed by atoms with Gasteiger partial charge in [0, 0.05) is 24.3 Å². The topological polar surface area (TPSA) is 34.1 Å². The number of pyridine rings is 1. The molecule has 0 aliphatic heterocycles. The molecule has 2 fully saturated rings. The SMILES string of the molecule is CC1CC(C)CC(Oc2ncccc2CNC2CC2)C1. The van der Waals surface area contributed by atoms with Gasteiger partial charge in [0.25, 0.3) is 0 Å². The number of nitrogens with one attached hydrogen (secondary N) is 1. The van der Waals surface area contributed by atoms with E-state index in [0.29, 0.717) is 6.10 Å². The molecule has 1 heterocycles. The molecule has 0 radical (unpaired) electrons. The van der Waals surface area contributed by atoms with E-state index in [0.717, 1.165) is 43.1 Å². The standard InChI is InChI=1S/C17H26N2O/c1-12-8-13(2)10-16(9-12)20-17-14(4-3-7-18-17)11-19-15-5-6-15/h3-4,7,12-13,15-16,19H,5-6,8-11H2,1-2H3. The molecule has 2 saturated carbocycles. The lowest BCUT2D eigenvalue weighted by Crippen LogP contribution is -2.29. The lowest BCUT2D eigenvalue weighted by Gasteiger charge is -2.31. The fourth-order valence-electron chi connectivity index (χ4n) is 3.33. The minimum absolute atomic E-state index is 0.336. The average molecular weight is 274 g/mol. The lowest BCUT2D eigenvalue weighted by atomic mass is 9.82. The molecule has 3 rings (SSSR count). The van der Waals surface area contributed by atoms with Crippen LogP contribution >= 0.6 is 0 Å². The zero-order valence-corrected chi connectivity index (χ0v) is 12.6. The van der Waals surface area contributed by atoms with Gasteiger partial charge in [-0.3, -0.25) is 0 Å². The van der Waals surface area contributed by atoms with Gasteiger partial charge in [-0.25, -0.2) is 4.98 Å². The summed E-state index contributed by atoms with van der Waals surface area (Å²) in [6.07, 6.45) is 8.46. The normalized spacial score (nSPS) is 30.2. The Kier molecular flexibility index (Phi) is 4.25. The second kappa shape index (κ2) is 6.13. The van der Waals surface area contributed by atoms with Crippen LogP contribution in [0, 0.1) is 11.8 Å². The second-order valence-corrected chi connectivity index (χ2v) is 6.78. The molecule has 2 unspecified atom stereocenters. The third-order valence-electron chi connectivity index (χ3n) is 4.42. The minimum Gasteiger partial charge on any atom is -0.474 e. The zero-order chi connectivity index (χ0) is 13.9. The monoisotopic (exact) mass is 274 g/mol. The Balaban J connectivity index is 1.63. The van der Waals surface area contributed by atoms with Crippen LogP contribution in [0.2, 0.25) is 0 Å². The number of rotatable bonds is 5. The number of hydrogen-bond acceptors (Lipinski definition) is 3. The van der Waals surface area contributed by atoms with E-state index in [2.05, 4.69) is 30.2 Å². The van der Waals surface area contributed by atoms with Crippen molar-refractivity contribution in [3.05, 3.63) is 23.9 Å². The van der Waals surface area contributed by atoms with E-state index < -0.39 is 0 Å². The van der Waals surface area contributed by atoms with Gasteiger partial charge in [0.05, 0.1) is 0 Å². The number of ether oxygens (including phenoxy) is 1. The third kappa shape index (κ3) is 3.72. The predicted molar refractivity (Wildman–Crippen MR) is 80.7 cm³/mol. The highest BCUT2D eigenvalue weighted by molar-refractivity contribution is 5.25. The Morgan fingerprint density at radius 1 is 1.20 bits per heavy atom. The van der Waals surface area contributed by atoms with Crippen LogP contribution in [-0.4, -0.2) is 17.1 Å². The Morgan fingerprint density at radius 2 is 1.95 bits per heavy atom. The second-order valence-electron chi connectivity index (χ2n) is 6.78. The van der Waals surface area contributed by atoms with Crippen molar-refractivity contribution in [1.29, 1.82) is 0 Å². The van der Waals surface area contributed by atoms with Crippen molar-refractivity contribution in [2.75, 3.05) is 0 Å². The molecule has 1 N–H and O–H groups in total. The molecular weight excluding hydrogens is 248 g/mol. The summed E-state index contributed by atoms with van der Waals surface area (Å²) < 4.78 is 6.23. The summed E-state index contributed by atoms with van der Waals surface area (Å²) in [5.41, 5.74) is 1.20. The molecule has 0 aromatic carbocycles. The molecule has 0 saturated heterocycles. The molecule has 0 spiro atoms. The molecule has 1 aromatic rings. The van der Waals surface area contributed by atoms with E-state index in [1.807, 2.05) is 12.3 Å². The van der Waals surface area contributed by atoms with Crippen LogP contribution in [-0.2, 0) is 6.54 Å². The first-order valence-electron chi connectivity index (χ1n) is 8.04. The summed E-state index contributed by atoms with van der Waals surface area (Å²) in [6.45, 7) is 5.55. The molecule has 2 aliphatic carbocycles. The summed E-state index contributed by atoms with van der Waals surface area (Å²) in [5.74, 6) is 2.37. The van der Waals surface area contributed by atoms with Crippen LogP contribution in [0.25, 0.3) is 0 Å². The van der Waals surface area contributed by atoms with Gasteiger partial charge in [0.2, 0.25) is 5.88 Å². The average Bonchev–Trinajstić information content (AvgIpc) is 3.20. The highest BCUT2D eigenvalue weighted by Crippen LogP contribution is 2.31. The van der Waals surface area contributed by atoms with Gasteiger partial charge in [-0.15, -0.1) is 0 Å². The molecule has 1 aromatic heterocycles. The van der Waals surface area contributed by atoms with E-state index >= 15 is 0 Å². The van der Waals surface area contributed by atoms with Crippen molar-refractivity contribution in [3.8, 4) is 5.88 Å². The largest absolute Gasteiger partial charge is 0.474 e. The molecule has 3 heteroatoms. The molecule has 2 aliphatic rings. The van der Waals surface area contributed by atoms with E-state index in [9.17, 15) is 0 Å². The first kappa shape index (κ1) is 13.9. The van der Waals surface area contributed by atoms with Gasteiger partial charge in [0.15, 0.2) is 0 Å². The fraction of sp³-hybridized carbons (Fsp3) is 0.706. The Bertz CT molecular complexity index is 434.